The summed E-state index contributed by atoms with van der Waals surface area (Å²) in [4.78, 5) is 14.7. The van der Waals surface area contributed by atoms with Gasteiger partial charge >= 0.3 is 0 Å². The summed E-state index contributed by atoms with van der Waals surface area (Å²) in [6.07, 6.45) is 3.31. The molecule has 138 valence electrons. The van der Waals surface area contributed by atoms with E-state index < -0.39 is 10.0 Å². The van der Waals surface area contributed by atoms with Gasteiger partial charge in [0.15, 0.2) is 0 Å². The number of rotatable bonds is 5. The van der Waals surface area contributed by atoms with E-state index in [1.165, 1.54) is 10.7 Å². The number of amides is 1. The van der Waals surface area contributed by atoms with E-state index in [0.29, 0.717) is 5.56 Å². The Balaban J connectivity index is 1.68. The fourth-order valence-corrected chi connectivity index (χ4v) is 4.33. The van der Waals surface area contributed by atoms with Crippen molar-refractivity contribution >= 4 is 15.9 Å². The molecule has 0 saturated carbocycles. The second-order valence-electron chi connectivity index (χ2n) is 6.62. The Morgan fingerprint density at radius 1 is 0.962 bits per heavy atom. The second kappa shape index (κ2) is 8.01. The number of sulfonamides is 1. The number of hydrogen-bond acceptors (Lipinski definition) is 3. The quantitative estimate of drug-likeness (QED) is 0.810. The molecule has 1 saturated heterocycles. The zero-order chi connectivity index (χ0) is 18.6. The highest BCUT2D eigenvalue weighted by molar-refractivity contribution is 7.89. The molecule has 0 spiro atoms. The van der Waals surface area contributed by atoms with Crippen molar-refractivity contribution in [3.8, 4) is 0 Å². The van der Waals surface area contributed by atoms with Crippen molar-refractivity contribution in [3.63, 3.8) is 0 Å². The summed E-state index contributed by atoms with van der Waals surface area (Å²) in [6, 6.07) is 15.6. The van der Waals surface area contributed by atoms with Gasteiger partial charge in [0, 0.05) is 32.2 Å². The standard InChI is InChI=1S/C20H24N2O3S/c1-21(26(24,25)19-8-4-2-5-9-19)16-17-10-12-18(13-11-17)20(23)22-14-6-3-7-15-22/h2,4-5,8-13H,3,6-7,14-16H2,1H3. The number of piperidine rings is 1. The van der Waals surface area contributed by atoms with Crippen LogP contribution in [0.25, 0.3) is 0 Å². The summed E-state index contributed by atoms with van der Waals surface area (Å²) in [5, 5.41) is 0. The highest BCUT2D eigenvalue weighted by Gasteiger charge is 2.21. The summed E-state index contributed by atoms with van der Waals surface area (Å²) < 4.78 is 26.5. The molecular formula is C20H24N2O3S. The first kappa shape index (κ1) is 18.6. The van der Waals surface area contributed by atoms with Gasteiger partial charge in [-0.1, -0.05) is 30.3 Å². The molecule has 0 unspecified atom stereocenters. The summed E-state index contributed by atoms with van der Waals surface area (Å²) in [7, 11) is -1.96. The van der Waals surface area contributed by atoms with Crippen LogP contribution in [0, 0.1) is 0 Å². The van der Waals surface area contributed by atoms with Gasteiger partial charge < -0.3 is 4.90 Å². The maximum Gasteiger partial charge on any atom is 0.253 e. The summed E-state index contributed by atoms with van der Waals surface area (Å²) in [6.45, 7) is 1.90. The van der Waals surface area contributed by atoms with Crippen molar-refractivity contribution in [1.29, 1.82) is 0 Å². The number of hydrogen-bond donors (Lipinski definition) is 0. The average Bonchev–Trinajstić information content (AvgIpc) is 2.69. The van der Waals surface area contributed by atoms with Crippen molar-refractivity contribution in [2.45, 2.75) is 30.7 Å². The van der Waals surface area contributed by atoms with Crippen LogP contribution in [0.4, 0.5) is 0 Å². The summed E-state index contributed by atoms with van der Waals surface area (Å²) >= 11 is 0. The lowest BCUT2D eigenvalue weighted by Crippen LogP contribution is -2.35. The predicted molar refractivity (Wildman–Crippen MR) is 101 cm³/mol. The van der Waals surface area contributed by atoms with Gasteiger partial charge in [-0.15, -0.1) is 0 Å². The number of nitrogens with zero attached hydrogens (tertiary/aromatic N) is 2. The van der Waals surface area contributed by atoms with E-state index in [0.717, 1.165) is 31.5 Å². The van der Waals surface area contributed by atoms with Gasteiger partial charge in [0.05, 0.1) is 4.90 Å². The van der Waals surface area contributed by atoms with Crippen molar-refractivity contribution < 1.29 is 13.2 Å². The normalized spacial score (nSPS) is 15.2. The van der Waals surface area contributed by atoms with E-state index in [4.69, 9.17) is 0 Å². The molecule has 6 heteroatoms. The molecule has 1 heterocycles. The van der Waals surface area contributed by atoms with Gasteiger partial charge in [0.25, 0.3) is 5.91 Å². The molecule has 1 aliphatic rings. The molecule has 0 atom stereocenters. The van der Waals surface area contributed by atoms with Crippen LogP contribution in [0.5, 0.6) is 0 Å². The molecule has 0 aromatic heterocycles. The molecule has 1 fully saturated rings. The predicted octanol–water partition coefficient (Wildman–Crippen LogP) is 3.13. The van der Waals surface area contributed by atoms with Gasteiger partial charge in [0.1, 0.15) is 0 Å². The van der Waals surface area contributed by atoms with E-state index >= 15 is 0 Å². The van der Waals surface area contributed by atoms with Crippen LogP contribution in [0.1, 0.15) is 35.2 Å². The van der Waals surface area contributed by atoms with E-state index in [9.17, 15) is 13.2 Å². The van der Waals surface area contributed by atoms with E-state index in [1.807, 2.05) is 17.0 Å². The van der Waals surface area contributed by atoms with Crippen LogP contribution >= 0.6 is 0 Å². The Morgan fingerprint density at radius 2 is 1.58 bits per heavy atom. The Morgan fingerprint density at radius 3 is 2.19 bits per heavy atom. The Labute approximate surface area is 155 Å². The third kappa shape index (κ3) is 4.14. The number of benzene rings is 2. The maximum atomic E-state index is 12.6. The molecule has 1 amide bonds. The van der Waals surface area contributed by atoms with Crippen molar-refractivity contribution in [2.24, 2.45) is 0 Å². The monoisotopic (exact) mass is 372 g/mol. The van der Waals surface area contributed by atoms with Crippen LogP contribution in [-0.4, -0.2) is 43.7 Å². The fraction of sp³-hybridized carbons (Fsp3) is 0.350. The number of likely N-dealkylation sites (tertiary alicyclic amines) is 1. The molecule has 5 nitrogen and oxygen atoms in total. The zero-order valence-electron chi connectivity index (χ0n) is 15.0. The Hall–Kier alpha value is -2.18. The number of carbonyl (C=O) groups is 1. The lowest BCUT2D eigenvalue weighted by molar-refractivity contribution is 0.0724. The first-order chi connectivity index (χ1) is 12.5. The lowest BCUT2D eigenvalue weighted by atomic mass is 10.1. The van der Waals surface area contributed by atoms with Crippen LogP contribution < -0.4 is 0 Å². The first-order valence-corrected chi connectivity index (χ1v) is 10.3. The minimum Gasteiger partial charge on any atom is -0.339 e. The highest BCUT2D eigenvalue weighted by Crippen LogP contribution is 2.18. The number of carbonyl (C=O) groups excluding carboxylic acids is 1. The Kier molecular flexibility index (Phi) is 5.74. The van der Waals surface area contributed by atoms with E-state index in [1.54, 1.807) is 49.5 Å². The van der Waals surface area contributed by atoms with Crippen molar-refractivity contribution in [3.05, 3.63) is 65.7 Å². The van der Waals surface area contributed by atoms with Gasteiger partial charge in [-0.2, -0.15) is 4.31 Å². The van der Waals surface area contributed by atoms with Gasteiger partial charge in [-0.3, -0.25) is 4.79 Å². The van der Waals surface area contributed by atoms with Gasteiger partial charge in [0.2, 0.25) is 10.0 Å². The zero-order valence-corrected chi connectivity index (χ0v) is 15.8. The molecule has 1 aliphatic heterocycles. The molecule has 0 bridgehead atoms. The molecule has 0 radical (unpaired) electrons. The molecule has 0 N–H and O–H groups in total. The topological polar surface area (TPSA) is 57.7 Å². The van der Waals surface area contributed by atoms with Gasteiger partial charge in [-0.05, 0) is 49.1 Å². The van der Waals surface area contributed by atoms with Crippen LogP contribution in [-0.2, 0) is 16.6 Å². The lowest BCUT2D eigenvalue weighted by Gasteiger charge is -2.26. The largest absolute Gasteiger partial charge is 0.339 e. The third-order valence-electron chi connectivity index (χ3n) is 4.70. The molecular weight excluding hydrogens is 348 g/mol. The molecule has 0 aliphatic carbocycles. The minimum absolute atomic E-state index is 0.0570. The van der Waals surface area contributed by atoms with Crippen LogP contribution in [0.15, 0.2) is 59.5 Å². The average molecular weight is 372 g/mol. The second-order valence-corrected chi connectivity index (χ2v) is 8.67. The first-order valence-electron chi connectivity index (χ1n) is 8.88. The van der Waals surface area contributed by atoms with Crippen molar-refractivity contribution in [2.75, 3.05) is 20.1 Å². The van der Waals surface area contributed by atoms with Gasteiger partial charge in [-0.25, -0.2) is 8.42 Å². The Bertz CT molecular complexity index is 842. The van der Waals surface area contributed by atoms with Crippen LogP contribution in [0.3, 0.4) is 0 Å². The van der Waals surface area contributed by atoms with E-state index in [2.05, 4.69) is 0 Å². The summed E-state index contributed by atoms with van der Waals surface area (Å²) in [5.41, 5.74) is 1.51. The fourth-order valence-electron chi connectivity index (χ4n) is 3.15. The SMILES string of the molecule is CN(Cc1ccc(C(=O)N2CCCCC2)cc1)S(=O)(=O)c1ccccc1. The molecule has 3 rings (SSSR count). The van der Waals surface area contributed by atoms with Crippen LogP contribution in [0.2, 0.25) is 0 Å². The van der Waals surface area contributed by atoms with Crippen molar-refractivity contribution in [1.82, 2.24) is 9.21 Å². The molecule has 2 aromatic carbocycles. The molecule has 26 heavy (non-hydrogen) atoms. The van der Waals surface area contributed by atoms with E-state index in [-0.39, 0.29) is 17.3 Å². The molecule has 2 aromatic rings. The summed E-state index contributed by atoms with van der Waals surface area (Å²) in [5.74, 6) is 0.0570. The minimum atomic E-state index is -3.52. The smallest absolute Gasteiger partial charge is 0.253 e. The maximum absolute atomic E-state index is 12.6. The highest BCUT2D eigenvalue weighted by atomic mass is 32.2. The third-order valence-corrected chi connectivity index (χ3v) is 6.52.